The van der Waals surface area contributed by atoms with Crippen molar-refractivity contribution < 1.29 is 4.57 Å². The fourth-order valence-corrected chi connectivity index (χ4v) is 9.91. The SMILES string of the molecule is Cc1ccccc1-c1cc(-c2cc3c4c(c2)n2c5ccc(C(C)(C)C)cc5c5cc(C(C)(C)C)cc(c52)n-4c2cc(C(C)(C)C)ccc2n3-c2ccc(C(C)(C)C)cc2)cc[n+]1C. The molecule has 0 spiro atoms. The van der Waals surface area contributed by atoms with E-state index in [0.29, 0.717) is 0 Å². The second-order valence-electron chi connectivity index (χ2n) is 22.5. The summed E-state index contributed by atoms with van der Waals surface area (Å²) in [6.07, 6.45) is 2.22. The molecular weight excluding hydrogens is 765 g/mol. The topological polar surface area (TPSA) is 18.1 Å². The molecule has 4 heteroatoms. The Hall–Kier alpha value is -6.13. The second kappa shape index (κ2) is 13.7. The van der Waals surface area contributed by atoms with Gasteiger partial charge in [-0.3, -0.25) is 0 Å². The number of fused-ring (bicyclic) bond motifs is 7. The fraction of sp³-hybridized carbons (Fsp3) is 0.305. The van der Waals surface area contributed by atoms with Crippen LogP contribution >= 0.6 is 0 Å². The normalized spacial score (nSPS) is 13.2. The highest BCUT2D eigenvalue weighted by molar-refractivity contribution is 6.18. The zero-order valence-corrected chi connectivity index (χ0v) is 39.9. The number of benzene rings is 6. The van der Waals surface area contributed by atoms with E-state index in [1.807, 2.05) is 0 Å². The van der Waals surface area contributed by atoms with E-state index in [1.54, 1.807) is 0 Å². The van der Waals surface area contributed by atoms with E-state index < -0.39 is 0 Å². The molecule has 2 aromatic heterocycles. The first-order chi connectivity index (χ1) is 29.6. The van der Waals surface area contributed by atoms with Gasteiger partial charge in [0.05, 0.1) is 44.3 Å². The van der Waals surface area contributed by atoms with E-state index >= 15 is 0 Å². The largest absolute Gasteiger partial charge is 0.306 e. The van der Waals surface area contributed by atoms with Crippen LogP contribution in [-0.2, 0) is 28.7 Å². The zero-order chi connectivity index (χ0) is 44.7. The number of pyridine rings is 1. The van der Waals surface area contributed by atoms with E-state index in [9.17, 15) is 0 Å². The quantitative estimate of drug-likeness (QED) is 0.0960. The molecule has 4 heterocycles. The van der Waals surface area contributed by atoms with Gasteiger partial charge < -0.3 is 13.5 Å². The summed E-state index contributed by atoms with van der Waals surface area (Å²) < 4.78 is 10.0. The third-order valence-corrected chi connectivity index (χ3v) is 13.8. The van der Waals surface area contributed by atoms with Gasteiger partial charge in [-0.15, -0.1) is 0 Å². The molecule has 318 valence electrons. The second-order valence-corrected chi connectivity index (χ2v) is 22.5. The highest BCUT2D eigenvalue weighted by atomic mass is 15.1. The number of rotatable bonds is 3. The van der Waals surface area contributed by atoms with Crippen molar-refractivity contribution in [2.75, 3.05) is 0 Å². The number of nitrogens with zero attached hydrogens (tertiary/aromatic N) is 4. The van der Waals surface area contributed by atoms with Crippen molar-refractivity contribution >= 4 is 49.4 Å². The number of hydrogen-bond acceptors (Lipinski definition) is 0. The van der Waals surface area contributed by atoms with Crippen LogP contribution in [-0.4, -0.2) is 13.5 Å². The summed E-state index contributed by atoms with van der Waals surface area (Å²) in [7, 11) is 2.16. The van der Waals surface area contributed by atoms with E-state index in [2.05, 4.69) is 243 Å². The maximum absolute atomic E-state index is 2.63. The van der Waals surface area contributed by atoms with Crippen LogP contribution in [0.1, 0.15) is 111 Å². The van der Waals surface area contributed by atoms with Crippen molar-refractivity contribution in [1.29, 1.82) is 0 Å². The smallest absolute Gasteiger partial charge is 0.213 e. The molecule has 0 saturated carbocycles. The minimum absolute atomic E-state index is 0.00403. The lowest BCUT2D eigenvalue weighted by molar-refractivity contribution is -0.660. The van der Waals surface area contributed by atoms with Crippen LogP contribution in [0.25, 0.3) is 83.1 Å². The van der Waals surface area contributed by atoms with Crippen molar-refractivity contribution in [1.82, 2.24) is 13.5 Å². The Morgan fingerprint density at radius 2 is 1.00 bits per heavy atom. The van der Waals surface area contributed by atoms with Crippen LogP contribution in [0.5, 0.6) is 0 Å². The molecule has 6 aromatic carbocycles. The number of aryl methyl sites for hydroxylation is 2. The Labute approximate surface area is 373 Å². The third kappa shape index (κ3) is 6.51. The molecule has 0 bridgehead atoms. The van der Waals surface area contributed by atoms with Gasteiger partial charge in [-0.2, -0.15) is 0 Å². The van der Waals surface area contributed by atoms with Gasteiger partial charge in [-0.25, -0.2) is 4.57 Å². The minimum atomic E-state index is -0.0707. The van der Waals surface area contributed by atoms with Crippen molar-refractivity contribution in [3.63, 3.8) is 0 Å². The average Bonchev–Trinajstić information content (AvgIpc) is 3.55. The van der Waals surface area contributed by atoms with Crippen molar-refractivity contribution in [3.8, 4) is 33.8 Å². The first kappa shape index (κ1) is 40.9. The van der Waals surface area contributed by atoms with Crippen LogP contribution in [0.15, 0.2) is 128 Å². The molecule has 63 heavy (non-hydrogen) atoms. The molecule has 0 N–H and O–H groups in total. The van der Waals surface area contributed by atoms with Gasteiger partial charge in [0.2, 0.25) is 5.69 Å². The lowest BCUT2D eigenvalue weighted by Crippen LogP contribution is -2.30. The van der Waals surface area contributed by atoms with E-state index in [0.717, 1.165) is 5.69 Å². The standard InChI is InChI=1S/C59H63N4/c1-36-17-15-16-18-44(36)49-29-37(27-28-60(49)14)38-30-51-55-52(31-38)62-47-25-21-40(57(5,6)7)32-45(47)46-33-42(59(11,12)13)35-53(54(46)62)63(55)50-34-41(58(8,9)10)22-26-48(50)61(51)43-23-19-39(20-24-43)56(2,3)4/h15-35H,1-14H3/q+1. The zero-order valence-electron chi connectivity index (χ0n) is 39.9. The summed E-state index contributed by atoms with van der Waals surface area (Å²) >= 11 is 0. The minimum Gasteiger partial charge on any atom is -0.306 e. The van der Waals surface area contributed by atoms with E-state index in [1.165, 1.54) is 105 Å². The molecule has 4 nitrogen and oxygen atoms in total. The van der Waals surface area contributed by atoms with Crippen molar-refractivity contribution in [3.05, 3.63) is 155 Å². The molecule has 2 aliphatic rings. The lowest BCUT2D eigenvalue weighted by Gasteiger charge is -2.30. The molecule has 2 aliphatic heterocycles. The highest BCUT2D eigenvalue weighted by Gasteiger charge is 2.30. The number of hydrogen-bond donors (Lipinski definition) is 0. The Bertz CT molecular complexity index is 3420. The van der Waals surface area contributed by atoms with Gasteiger partial charge in [-0.1, -0.05) is 126 Å². The van der Waals surface area contributed by atoms with Gasteiger partial charge >= 0.3 is 0 Å². The molecule has 0 unspecified atom stereocenters. The first-order valence-electron chi connectivity index (χ1n) is 22.8. The summed E-state index contributed by atoms with van der Waals surface area (Å²) in [5.41, 5.74) is 22.1. The Kier molecular flexibility index (Phi) is 8.89. The molecular formula is C59H63N4+. The molecule has 0 fully saturated rings. The van der Waals surface area contributed by atoms with Crippen LogP contribution < -0.4 is 4.57 Å². The molecule has 0 radical (unpaired) electrons. The first-order valence-corrected chi connectivity index (χ1v) is 22.8. The Balaban J connectivity index is 1.47. The molecule has 10 rings (SSSR count). The van der Waals surface area contributed by atoms with Crippen LogP contribution in [0.3, 0.4) is 0 Å². The lowest BCUT2D eigenvalue weighted by atomic mass is 9.84. The molecule has 8 aromatic rings. The monoisotopic (exact) mass is 828 g/mol. The van der Waals surface area contributed by atoms with Gasteiger partial charge in [0, 0.05) is 34.2 Å². The van der Waals surface area contributed by atoms with Crippen molar-refractivity contribution in [2.24, 2.45) is 7.05 Å². The number of aromatic nitrogens is 4. The average molecular weight is 828 g/mol. The molecule has 0 saturated heterocycles. The van der Waals surface area contributed by atoms with Crippen LogP contribution in [0.4, 0.5) is 0 Å². The molecule has 0 amide bonds. The maximum atomic E-state index is 2.63. The predicted octanol–water partition coefficient (Wildman–Crippen LogP) is 15.2. The van der Waals surface area contributed by atoms with Gasteiger partial charge in [-0.05, 0) is 134 Å². The predicted molar refractivity (Wildman–Crippen MR) is 269 cm³/mol. The van der Waals surface area contributed by atoms with Gasteiger partial charge in [0.15, 0.2) is 6.20 Å². The summed E-state index contributed by atoms with van der Waals surface area (Å²) in [5.74, 6) is 0. The van der Waals surface area contributed by atoms with Gasteiger partial charge in [0.25, 0.3) is 0 Å². The Morgan fingerprint density at radius 3 is 1.65 bits per heavy atom. The summed E-state index contributed by atoms with van der Waals surface area (Å²) in [4.78, 5) is 0. The van der Waals surface area contributed by atoms with Crippen LogP contribution in [0, 0.1) is 6.92 Å². The molecule has 0 aliphatic carbocycles. The van der Waals surface area contributed by atoms with Gasteiger partial charge in [0.1, 0.15) is 7.05 Å². The maximum Gasteiger partial charge on any atom is 0.213 e. The van der Waals surface area contributed by atoms with E-state index in [-0.39, 0.29) is 21.7 Å². The summed E-state index contributed by atoms with van der Waals surface area (Å²) in [6.45, 7) is 30.1. The highest BCUT2D eigenvalue weighted by Crippen LogP contribution is 2.46. The van der Waals surface area contributed by atoms with E-state index in [4.69, 9.17) is 0 Å². The third-order valence-electron chi connectivity index (χ3n) is 13.8. The molecule has 0 atom stereocenters. The fourth-order valence-electron chi connectivity index (χ4n) is 9.91. The Morgan fingerprint density at radius 1 is 0.429 bits per heavy atom. The van der Waals surface area contributed by atoms with Crippen LogP contribution in [0.2, 0.25) is 0 Å². The van der Waals surface area contributed by atoms with Crippen molar-refractivity contribution in [2.45, 2.75) is 112 Å². The summed E-state index contributed by atoms with van der Waals surface area (Å²) in [5, 5.41) is 2.61. The summed E-state index contributed by atoms with van der Waals surface area (Å²) in [6, 6.07) is 47.1.